The summed E-state index contributed by atoms with van der Waals surface area (Å²) in [4.78, 5) is 4.97. The van der Waals surface area contributed by atoms with E-state index in [1.54, 1.807) is 20.3 Å². The van der Waals surface area contributed by atoms with Crippen LogP contribution in [0.15, 0.2) is 42.5 Å². The molecule has 1 fully saturated rings. The minimum absolute atomic E-state index is 0.345. The summed E-state index contributed by atoms with van der Waals surface area (Å²) in [6, 6.07) is 14.3. The van der Waals surface area contributed by atoms with Crippen molar-refractivity contribution in [3.05, 3.63) is 53.6 Å². The first-order chi connectivity index (χ1) is 13.6. The number of phenolic OH excluding ortho intramolecular Hbond substituents is 1. The van der Waals surface area contributed by atoms with Gasteiger partial charge in [-0.15, -0.1) is 0 Å². The third-order valence-electron chi connectivity index (χ3n) is 5.62. The minimum Gasteiger partial charge on any atom is -0.508 e. The highest BCUT2D eigenvalue weighted by molar-refractivity contribution is 5.42. The minimum atomic E-state index is 0.345. The average molecular weight is 385 g/mol. The van der Waals surface area contributed by atoms with Crippen molar-refractivity contribution < 1.29 is 14.6 Å². The van der Waals surface area contributed by atoms with Gasteiger partial charge in [0, 0.05) is 25.7 Å². The Bertz CT molecular complexity index is 765. The van der Waals surface area contributed by atoms with Gasteiger partial charge < -0.3 is 19.5 Å². The number of aromatic hydroxyl groups is 1. The van der Waals surface area contributed by atoms with E-state index >= 15 is 0 Å². The second-order valence-corrected chi connectivity index (χ2v) is 7.62. The van der Waals surface area contributed by atoms with Crippen molar-refractivity contribution in [3.63, 3.8) is 0 Å². The molecule has 1 aliphatic heterocycles. The standard InChI is InChI=1S/C23H32N2O3/c1-24(13-11-18-9-10-22(27-2)23(15-18)28-3)20-7-5-12-25(17-20)16-19-6-4-8-21(26)14-19/h4,6,8-10,14-15,20,26H,5,7,11-13,16-17H2,1-3H3/t20-/m1/s1. The van der Waals surface area contributed by atoms with Crippen LogP contribution in [0.2, 0.25) is 0 Å². The van der Waals surface area contributed by atoms with E-state index in [0.717, 1.165) is 44.1 Å². The molecule has 1 N–H and O–H groups in total. The number of likely N-dealkylation sites (N-methyl/N-ethyl adjacent to an activating group) is 1. The summed E-state index contributed by atoms with van der Waals surface area (Å²) in [6.45, 7) is 4.10. The van der Waals surface area contributed by atoms with Crippen LogP contribution in [0, 0.1) is 0 Å². The number of likely N-dealkylation sites (tertiary alicyclic amines) is 1. The molecule has 0 aliphatic carbocycles. The zero-order valence-corrected chi connectivity index (χ0v) is 17.2. The van der Waals surface area contributed by atoms with Gasteiger partial charge in [0.15, 0.2) is 11.5 Å². The van der Waals surface area contributed by atoms with Gasteiger partial charge in [0.2, 0.25) is 0 Å². The van der Waals surface area contributed by atoms with E-state index in [2.05, 4.69) is 35.0 Å². The topological polar surface area (TPSA) is 45.2 Å². The van der Waals surface area contributed by atoms with Gasteiger partial charge in [-0.25, -0.2) is 0 Å². The zero-order chi connectivity index (χ0) is 19.9. The van der Waals surface area contributed by atoms with Gasteiger partial charge in [0.1, 0.15) is 5.75 Å². The van der Waals surface area contributed by atoms with Crippen molar-refractivity contribution >= 4 is 0 Å². The van der Waals surface area contributed by atoms with E-state index in [9.17, 15) is 5.11 Å². The Balaban J connectivity index is 1.53. The molecule has 0 amide bonds. The van der Waals surface area contributed by atoms with Crippen LogP contribution in [0.25, 0.3) is 0 Å². The molecule has 28 heavy (non-hydrogen) atoms. The molecule has 0 saturated carbocycles. The summed E-state index contributed by atoms with van der Waals surface area (Å²) in [5, 5.41) is 9.69. The van der Waals surface area contributed by atoms with Crippen LogP contribution in [0.5, 0.6) is 17.2 Å². The van der Waals surface area contributed by atoms with E-state index in [1.165, 1.54) is 24.0 Å². The van der Waals surface area contributed by atoms with Crippen LogP contribution in [0.3, 0.4) is 0 Å². The number of rotatable bonds is 8. The van der Waals surface area contributed by atoms with Crippen molar-refractivity contribution in [2.75, 3.05) is 40.9 Å². The molecule has 5 nitrogen and oxygen atoms in total. The maximum absolute atomic E-state index is 9.69. The highest BCUT2D eigenvalue weighted by atomic mass is 16.5. The lowest BCUT2D eigenvalue weighted by atomic mass is 10.0. The fourth-order valence-corrected chi connectivity index (χ4v) is 3.97. The number of phenols is 1. The Morgan fingerprint density at radius 3 is 2.64 bits per heavy atom. The largest absolute Gasteiger partial charge is 0.508 e. The third kappa shape index (κ3) is 5.40. The van der Waals surface area contributed by atoms with E-state index in [1.807, 2.05) is 18.2 Å². The summed E-state index contributed by atoms with van der Waals surface area (Å²) < 4.78 is 10.7. The number of piperidine rings is 1. The number of hydrogen-bond acceptors (Lipinski definition) is 5. The van der Waals surface area contributed by atoms with Crippen LogP contribution in [0.4, 0.5) is 0 Å². The maximum atomic E-state index is 9.69. The molecule has 0 radical (unpaired) electrons. The molecule has 0 unspecified atom stereocenters. The molecule has 1 saturated heterocycles. The van der Waals surface area contributed by atoms with Gasteiger partial charge in [0.25, 0.3) is 0 Å². The predicted molar refractivity (Wildman–Crippen MR) is 112 cm³/mol. The van der Waals surface area contributed by atoms with Gasteiger partial charge in [-0.2, -0.15) is 0 Å². The molecular weight excluding hydrogens is 352 g/mol. The van der Waals surface area contributed by atoms with Crippen LogP contribution < -0.4 is 9.47 Å². The maximum Gasteiger partial charge on any atom is 0.160 e. The molecule has 0 aromatic heterocycles. The molecule has 3 rings (SSSR count). The molecule has 1 heterocycles. The summed E-state index contributed by atoms with van der Waals surface area (Å²) in [6.07, 6.45) is 3.43. The molecular formula is C23H32N2O3. The SMILES string of the molecule is COc1ccc(CCN(C)[C@@H]2CCCN(Cc3cccc(O)c3)C2)cc1OC. The summed E-state index contributed by atoms with van der Waals surface area (Å²) in [5.41, 5.74) is 2.44. The van der Waals surface area contributed by atoms with Gasteiger partial charge in [-0.3, -0.25) is 4.90 Å². The van der Waals surface area contributed by atoms with Crippen LogP contribution in [-0.4, -0.2) is 61.8 Å². The molecule has 2 aromatic rings. The number of methoxy groups -OCH3 is 2. The lowest BCUT2D eigenvalue weighted by Crippen LogP contribution is -2.46. The van der Waals surface area contributed by atoms with Crippen molar-refractivity contribution in [1.82, 2.24) is 9.80 Å². The first-order valence-corrected chi connectivity index (χ1v) is 10.0. The van der Waals surface area contributed by atoms with Crippen molar-refractivity contribution in [2.45, 2.75) is 31.8 Å². The number of benzene rings is 2. The van der Waals surface area contributed by atoms with E-state index in [-0.39, 0.29) is 0 Å². The average Bonchev–Trinajstić information content (AvgIpc) is 2.72. The van der Waals surface area contributed by atoms with Crippen LogP contribution in [0.1, 0.15) is 24.0 Å². The highest BCUT2D eigenvalue weighted by Gasteiger charge is 2.23. The first-order valence-electron chi connectivity index (χ1n) is 10.0. The van der Waals surface area contributed by atoms with Gasteiger partial charge in [0.05, 0.1) is 14.2 Å². The van der Waals surface area contributed by atoms with Gasteiger partial charge in [-0.1, -0.05) is 18.2 Å². The Morgan fingerprint density at radius 1 is 1.07 bits per heavy atom. The monoisotopic (exact) mass is 384 g/mol. The molecule has 1 aliphatic rings. The lowest BCUT2D eigenvalue weighted by molar-refractivity contribution is 0.112. The zero-order valence-electron chi connectivity index (χ0n) is 17.2. The van der Waals surface area contributed by atoms with Crippen LogP contribution >= 0.6 is 0 Å². The second-order valence-electron chi connectivity index (χ2n) is 7.62. The summed E-state index contributed by atoms with van der Waals surface area (Å²) >= 11 is 0. The molecule has 0 spiro atoms. The lowest BCUT2D eigenvalue weighted by Gasteiger charge is -2.37. The predicted octanol–water partition coefficient (Wildman–Crippen LogP) is 3.55. The molecule has 1 atom stereocenters. The highest BCUT2D eigenvalue weighted by Crippen LogP contribution is 2.28. The smallest absolute Gasteiger partial charge is 0.160 e. The quantitative estimate of drug-likeness (QED) is 0.754. The number of ether oxygens (including phenoxy) is 2. The van der Waals surface area contributed by atoms with E-state index < -0.39 is 0 Å². The van der Waals surface area contributed by atoms with Crippen molar-refractivity contribution in [3.8, 4) is 17.2 Å². The molecule has 0 bridgehead atoms. The Labute approximate surface area is 168 Å². The van der Waals surface area contributed by atoms with Crippen LogP contribution in [-0.2, 0) is 13.0 Å². The second kappa shape index (κ2) is 9.80. The number of hydrogen-bond donors (Lipinski definition) is 1. The van der Waals surface area contributed by atoms with Gasteiger partial charge in [-0.05, 0) is 68.2 Å². The summed E-state index contributed by atoms with van der Waals surface area (Å²) in [5.74, 6) is 1.91. The Kier molecular flexibility index (Phi) is 7.18. The number of nitrogens with zero attached hydrogens (tertiary/aromatic N) is 2. The van der Waals surface area contributed by atoms with Crippen molar-refractivity contribution in [2.24, 2.45) is 0 Å². The van der Waals surface area contributed by atoms with Crippen molar-refractivity contribution in [1.29, 1.82) is 0 Å². The fraction of sp³-hybridized carbons (Fsp3) is 0.478. The van der Waals surface area contributed by atoms with E-state index in [0.29, 0.717) is 11.8 Å². The first kappa shape index (κ1) is 20.5. The molecule has 5 heteroatoms. The molecule has 2 aromatic carbocycles. The fourth-order valence-electron chi connectivity index (χ4n) is 3.97. The van der Waals surface area contributed by atoms with E-state index in [4.69, 9.17) is 9.47 Å². The Morgan fingerprint density at radius 2 is 1.89 bits per heavy atom. The van der Waals surface area contributed by atoms with Gasteiger partial charge >= 0.3 is 0 Å². The molecule has 152 valence electrons. The normalized spacial score (nSPS) is 17.6. The Hall–Kier alpha value is -2.24. The third-order valence-corrected chi connectivity index (χ3v) is 5.62. The summed E-state index contributed by atoms with van der Waals surface area (Å²) in [7, 11) is 5.57.